The highest BCUT2D eigenvalue weighted by molar-refractivity contribution is 6.33. The molecule has 0 unspecified atom stereocenters. The molecule has 2 N–H and O–H groups in total. The van der Waals surface area contributed by atoms with Crippen LogP contribution >= 0.6 is 23.2 Å². The first kappa shape index (κ1) is 22.3. The molecule has 168 valence electrons. The summed E-state index contributed by atoms with van der Waals surface area (Å²) in [4.78, 5) is 35.3. The van der Waals surface area contributed by atoms with Gasteiger partial charge in [0, 0.05) is 32.7 Å². The average molecular weight is 478 g/mol. The van der Waals surface area contributed by atoms with E-state index in [0.717, 1.165) is 12.8 Å². The van der Waals surface area contributed by atoms with Gasteiger partial charge in [0.1, 0.15) is 5.69 Å². The van der Waals surface area contributed by atoms with Crippen molar-refractivity contribution in [2.75, 3.05) is 37.4 Å². The van der Waals surface area contributed by atoms with E-state index in [0.29, 0.717) is 54.0 Å². The van der Waals surface area contributed by atoms with Crippen LogP contribution in [0.2, 0.25) is 10.2 Å². The number of hydrogen-bond acceptors (Lipinski definition) is 6. The number of nitrogens with zero attached hydrogens (tertiary/aromatic N) is 5. The molecule has 32 heavy (non-hydrogen) atoms. The van der Waals surface area contributed by atoms with Crippen LogP contribution in [-0.2, 0) is 11.2 Å². The fourth-order valence-electron chi connectivity index (χ4n) is 3.52. The number of nitrogens with one attached hydrogen (secondary N) is 2. The highest BCUT2D eigenvalue weighted by Gasteiger charge is 2.23. The number of urea groups is 1. The van der Waals surface area contributed by atoms with Crippen molar-refractivity contribution in [3.63, 3.8) is 0 Å². The molecular weight excluding hydrogens is 457 g/mol. The van der Waals surface area contributed by atoms with Crippen molar-refractivity contribution < 1.29 is 14.3 Å². The molecular formula is C20H21Cl2N7O3. The summed E-state index contributed by atoms with van der Waals surface area (Å²) in [6.45, 7) is 1.81. The molecule has 0 atom stereocenters. The van der Waals surface area contributed by atoms with Crippen molar-refractivity contribution in [1.29, 1.82) is 0 Å². The van der Waals surface area contributed by atoms with Crippen LogP contribution in [0.3, 0.4) is 0 Å². The fourth-order valence-corrected chi connectivity index (χ4v) is 3.94. The Morgan fingerprint density at radius 3 is 2.62 bits per heavy atom. The molecule has 0 saturated carbocycles. The first-order valence-corrected chi connectivity index (χ1v) is 10.8. The summed E-state index contributed by atoms with van der Waals surface area (Å²) in [6, 6.07) is 2.60. The molecule has 0 bridgehead atoms. The van der Waals surface area contributed by atoms with E-state index in [4.69, 9.17) is 27.9 Å². The number of halogens is 2. The topological polar surface area (TPSA) is 114 Å². The second-order valence-electron chi connectivity index (χ2n) is 7.23. The van der Waals surface area contributed by atoms with Gasteiger partial charge in [-0.15, -0.1) is 0 Å². The summed E-state index contributed by atoms with van der Waals surface area (Å²) in [7, 11) is 1.59. The molecule has 12 heteroatoms. The van der Waals surface area contributed by atoms with E-state index < -0.39 is 6.03 Å². The number of fused-ring (bicyclic) bond motifs is 1. The fraction of sp³-hybridized carbons (Fsp3) is 0.350. The first-order valence-electron chi connectivity index (χ1n) is 10.0. The van der Waals surface area contributed by atoms with Gasteiger partial charge in [-0.05, 0) is 18.9 Å². The van der Waals surface area contributed by atoms with Gasteiger partial charge in [0.2, 0.25) is 0 Å². The molecule has 1 fully saturated rings. The maximum absolute atomic E-state index is 12.6. The predicted molar refractivity (Wildman–Crippen MR) is 121 cm³/mol. The summed E-state index contributed by atoms with van der Waals surface area (Å²) >= 11 is 12.3. The van der Waals surface area contributed by atoms with Gasteiger partial charge in [-0.25, -0.2) is 19.3 Å². The smallest absolute Gasteiger partial charge is 0.323 e. The number of methoxy groups -OCH3 is 1. The zero-order chi connectivity index (χ0) is 22.7. The molecule has 3 aromatic rings. The van der Waals surface area contributed by atoms with Crippen LogP contribution in [0.15, 0.2) is 24.5 Å². The molecule has 1 saturated heterocycles. The number of amides is 3. The number of carbonyl (C=O) groups excluding carboxylic acids is 2. The van der Waals surface area contributed by atoms with Crippen LogP contribution in [-0.4, -0.2) is 63.2 Å². The minimum absolute atomic E-state index is 0.173. The summed E-state index contributed by atoms with van der Waals surface area (Å²) in [6.07, 6.45) is 5.35. The van der Waals surface area contributed by atoms with Crippen molar-refractivity contribution in [1.82, 2.24) is 24.5 Å². The zero-order valence-electron chi connectivity index (χ0n) is 17.3. The van der Waals surface area contributed by atoms with Gasteiger partial charge in [0.05, 0.1) is 41.1 Å². The Kier molecular flexibility index (Phi) is 6.73. The third-order valence-electron chi connectivity index (χ3n) is 5.04. The Morgan fingerprint density at radius 1 is 1.12 bits per heavy atom. The Hall–Kier alpha value is -2.95. The number of pyridine rings is 1. The summed E-state index contributed by atoms with van der Waals surface area (Å²) in [5.41, 5.74) is 2.21. The summed E-state index contributed by atoms with van der Waals surface area (Å²) in [5.74, 6) is -0.205. The van der Waals surface area contributed by atoms with Crippen LogP contribution in [0.1, 0.15) is 29.0 Å². The van der Waals surface area contributed by atoms with Crippen molar-refractivity contribution in [2.24, 2.45) is 0 Å². The second kappa shape index (κ2) is 9.68. The van der Waals surface area contributed by atoms with Gasteiger partial charge in [-0.1, -0.05) is 23.2 Å². The number of aromatic nitrogens is 4. The molecule has 4 rings (SSSR count). The number of anilines is 2. The van der Waals surface area contributed by atoms with Crippen molar-refractivity contribution >= 4 is 52.2 Å². The third kappa shape index (κ3) is 4.77. The Labute approximate surface area is 193 Å². The van der Waals surface area contributed by atoms with Gasteiger partial charge in [-0.2, -0.15) is 5.10 Å². The van der Waals surface area contributed by atoms with Gasteiger partial charge >= 0.3 is 6.03 Å². The Morgan fingerprint density at radius 2 is 1.91 bits per heavy atom. The van der Waals surface area contributed by atoms with E-state index in [2.05, 4.69) is 25.7 Å². The minimum Gasteiger partial charge on any atom is -0.384 e. The number of carbonyl (C=O) groups is 2. The summed E-state index contributed by atoms with van der Waals surface area (Å²) < 4.78 is 6.72. The minimum atomic E-state index is -0.528. The molecule has 1 aliphatic rings. The standard InChI is InChI=1S/C20H21Cl2N7O3/c1-32-7-4-15-14(11-23-17-9-16(22)27-29(15)17)26-20(31)25-12-8-13(21)18(24-10-12)19(30)28-5-2-3-6-28/h8-11H,2-7H2,1H3,(H2,25,26,31). The van der Waals surface area contributed by atoms with Gasteiger partial charge < -0.3 is 20.3 Å². The molecule has 0 aromatic carbocycles. The van der Waals surface area contributed by atoms with Crippen LogP contribution in [0.4, 0.5) is 16.2 Å². The monoisotopic (exact) mass is 477 g/mol. The first-order chi connectivity index (χ1) is 15.5. The number of hydrogen-bond donors (Lipinski definition) is 2. The average Bonchev–Trinajstić information content (AvgIpc) is 3.42. The number of likely N-dealkylation sites (tertiary alicyclic amines) is 1. The van der Waals surface area contributed by atoms with Gasteiger partial charge in [0.25, 0.3) is 5.91 Å². The van der Waals surface area contributed by atoms with E-state index in [1.54, 1.807) is 22.6 Å². The lowest BCUT2D eigenvalue weighted by Gasteiger charge is -2.16. The Balaban J connectivity index is 1.49. The lowest BCUT2D eigenvalue weighted by atomic mass is 10.2. The molecule has 0 spiro atoms. The second-order valence-corrected chi connectivity index (χ2v) is 8.03. The predicted octanol–water partition coefficient (Wildman–Crippen LogP) is 3.50. The van der Waals surface area contributed by atoms with E-state index in [1.165, 1.54) is 18.5 Å². The van der Waals surface area contributed by atoms with E-state index in [1.807, 2.05) is 0 Å². The molecule has 0 radical (unpaired) electrons. The van der Waals surface area contributed by atoms with Crippen molar-refractivity contribution in [3.05, 3.63) is 46.1 Å². The zero-order valence-corrected chi connectivity index (χ0v) is 18.8. The number of rotatable bonds is 6. The largest absolute Gasteiger partial charge is 0.384 e. The molecule has 3 aromatic heterocycles. The quantitative estimate of drug-likeness (QED) is 0.561. The molecule has 3 amide bonds. The highest BCUT2D eigenvalue weighted by atomic mass is 35.5. The number of ether oxygens (including phenoxy) is 1. The summed E-state index contributed by atoms with van der Waals surface area (Å²) in [5, 5.41) is 10.1. The third-order valence-corrected chi connectivity index (χ3v) is 5.51. The lowest BCUT2D eigenvalue weighted by Crippen LogP contribution is -2.28. The van der Waals surface area contributed by atoms with E-state index in [9.17, 15) is 9.59 Å². The van der Waals surface area contributed by atoms with E-state index >= 15 is 0 Å². The Bertz CT molecular complexity index is 1160. The molecule has 0 aliphatic carbocycles. The normalized spacial score (nSPS) is 13.5. The van der Waals surface area contributed by atoms with Crippen molar-refractivity contribution in [2.45, 2.75) is 19.3 Å². The highest BCUT2D eigenvalue weighted by Crippen LogP contribution is 2.23. The van der Waals surface area contributed by atoms with Crippen LogP contribution < -0.4 is 10.6 Å². The SMILES string of the molecule is COCCc1c(NC(=O)Nc2cnc(C(=O)N3CCCC3)c(Cl)c2)cnc2cc(Cl)nn12. The van der Waals surface area contributed by atoms with Gasteiger partial charge in [-0.3, -0.25) is 4.79 Å². The molecule has 1 aliphatic heterocycles. The lowest BCUT2D eigenvalue weighted by molar-refractivity contribution is 0.0787. The molecule has 10 nitrogen and oxygen atoms in total. The molecule has 4 heterocycles. The van der Waals surface area contributed by atoms with Crippen LogP contribution in [0.25, 0.3) is 5.65 Å². The van der Waals surface area contributed by atoms with Gasteiger partial charge in [0.15, 0.2) is 10.8 Å². The van der Waals surface area contributed by atoms with E-state index in [-0.39, 0.29) is 16.6 Å². The van der Waals surface area contributed by atoms with Crippen LogP contribution in [0.5, 0.6) is 0 Å². The van der Waals surface area contributed by atoms with Crippen LogP contribution in [0, 0.1) is 0 Å². The van der Waals surface area contributed by atoms with Crippen molar-refractivity contribution in [3.8, 4) is 0 Å². The maximum Gasteiger partial charge on any atom is 0.323 e. The maximum atomic E-state index is 12.6.